The van der Waals surface area contributed by atoms with E-state index in [9.17, 15) is 17.6 Å². The quantitative estimate of drug-likeness (QED) is 0.666. The standard InChI is InChI=1S/C13H16F4/c1-4-8-12(2,3)13(16,17)11-9(14)6-5-7-10(11)15/h5-7H,4,8H2,1-3H3. The molecule has 1 aromatic rings. The van der Waals surface area contributed by atoms with E-state index in [0.717, 1.165) is 18.2 Å². The molecular weight excluding hydrogens is 232 g/mol. The molecule has 0 spiro atoms. The Morgan fingerprint density at radius 1 is 1.06 bits per heavy atom. The van der Waals surface area contributed by atoms with Gasteiger partial charge < -0.3 is 0 Å². The molecule has 0 saturated heterocycles. The molecular formula is C13H16F4. The monoisotopic (exact) mass is 248 g/mol. The third-order valence-corrected chi connectivity index (χ3v) is 3.00. The van der Waals surface area contributed by atoms with Gasteiger partial charge in [-0.25, -0.2) is 17.6 Å². The van der Waals surface area contributed by atoms with Crippen LogP contribution < -0.4 is 0 Å². The van der Waals surface area contributed by atoms with Gasteiger partial charge in [-0.3, -0.25) is 0 Å². The topological polar surface area (TPSA) is 0 Å². The largest absolute Gasteiger partial charge is 0.283 e. The minimum absolute atomic E-state index is 0.188. The zero-order valence-corrected chi connectivity index (χ0v) is 10.2. The number of benzene rings is 1. The highest BCUT2D eigenvalue weighted by molar-refractivity contribution is 5.26. The number of alkyl halides is 2. The van der Waals surface area contributed by atoms with Crippen LogP contribution in [0.15, 0.2) is 18.2 Å². The first kappa shape index (κ1) is 14.0. The summed E-state index contributed by atoms with van der Waals surface area (Å²) >= 11 is 0. The van der Waals surface area contributed by atoms with Gasteiger partial charge >= 0.3 is 0 Å². The molecule has 4 heteroatoms. The van der Waals surface area contributed by atoms with Crippen molar-refractivity contribution in [2.24, 2.45) is 5.41 Å². The molecule has 0 fully saturated rings. The second kappa shape index (κ2) is 4.67. The Balaban J connectivity index is 3.30. The van der Waals surface area contributed by atoms with Gasteiger partial charge in [0.1, 0.15) is 11.6 Å². The first-order valence-corrected chi connectivity index (χ1v) is 5.56. The van der Waals surface area contributed by atoms with Gasteiger partial charge in [0.25, 0.3) is 5.92 Å². The highest BCUT2D eigenvalue weighted by atomic mass is 19.3. The Labute approximate surface area is 98.6 Å². The molecule has 0 bridgehead atoms. The summed E-state index contributed by atoms with van der Waals surface area (Å²) in [6, 6.07) is 2.79. The van der Waals surface area contributed by atoms with Crippen LogP contribution in [0.25, 0.3) is 0 Å². The predicted octanol–water partition coefficient (Wildman–Crippen LogP) is 4.88. The van der Waals surface area contributed by atoms with Crippen LogP contribution in [-0.2, 0) is 5.92 Å². The van der Waals surface area contributed by atoms with E-state index < -0.39 is 28.5 Å². The lowest BCUT2D eigenvalue weighted by Crippen LogP contribution is -2.35. The van der Waals surface area contributed by atoms with Gasteiger partial charge in [0.15, 0.2) is 0 Å². The lowest BCUT2D eigenvalue weighted by molar-refractivity contribution is -0.122. The Morgan fingerprint density at radius 3 is 1.94 bits per heavy atom. The summed E-state index contributed by atoms with van der Waals surface area (Å²) in [5.41, 5.74) is -2.61. The Bertz CT molecular complexity index is 376. The van der Waals surface area contributed by atoms with Crippen LogP contribution in [0.2, 0.25) is 0 Å². The van der Waals surface area contributed by atoms with Crippen LogP contribution in [-0.4, -0.2) is 0 Å². The molecule has 0 heterocycles. The third-order valence-electron chi connectivity index (χ3n) is 3.00. The van der Waals surface area contributed by atoms with Crippen LogP contribution in [0, 0.1) is 17.0 Å². The maximum atomic E-state index is 14.2. The summed E-state index contributed by atoms with van der Waals surface area (Å²) in [6.07, 6.45) is 0.715. The fourth-order valence-corrected chi connectivity index (χ4v) is 1.92. The van der Waals surface area contributed by atoms with Crippen molar-refractivity contribution < 1.29 is 17.6 Å². The van der Waals surface area contributed by atoms with Crippen molar-refractivity contribution in [3.05, 3.63) is 35.4 Å². The molecule has 0 aromatic heterocycles. The summed E-state index contributed by atoms with van der Waals surface area (Å²) in [6.45, 7) is 4.40. The lowest BCUT2D eigenvalue weighted by atomic mass is 9.78. The van der Waals surface area contributed by atoms with Crippen molar-refractivity contribution in [2.75, 3.05) is 0 Å². The van der Waals surface area contributed by atoms with E-state index in [-0.39, 0.29) is 6.42 Å². The maximum absolute atomic E-state index is 14.2. The fraction of sp³-hybridized carbons (Fsp3) is 0.538. The van der Waals surface area contributed by atoms with Crippen molar-refractivity contribution in [2.45, 2.75) is 39.5 Å². The smallest absolute Gasteiger partial charge is 0.206 e. The van der Waals surface area contributed by atoms with Crippen LogP contribution >= 0.6 is 0 Å². The molecule has 0 amide bonds. The molecule has 0 aliphatic heterocycles. The van der Waals surface area contributed by atoms with Crippen molar-refractivity contribution >= 4 is 0 Å². The number of rotatable bonds is 4. The van der Waals surface area contributed by atoms with E-state index in [4.69, 9.17) is 0 Å². The molecule has 0 radical (unpaired) electrons. The number of hydrogen-bond donors (Lipinski definition) is 0. The molecule has 0 saturated carbocycles. The molecule has 0 unspecified atom stereocenters. The van der Waals surface area contributed by atoms with Gasteiger partial charge in [0.05, 0.1) is 5.56 Å². The summed E-state index contributed by atoms with van der Waals surface area (Å²) in [4.78, 5) is 0. The first-order chi connectivity index (χ1) is 7.74. The second-order valence-corrected chi connectivity index (χ2v) is 4.80. The SMILES string of the molecule is CCCC(C)(C)C(F)(F)c1c(F)cccc1F. The molecule has 96 valence electrons. The average molecular weight is 248 g/mol. The highest BCUT2D eigenvalue weighted by Crippen LogP contribution is 2.48. The van der Waals surface area contributed by atoms with Crippen LogP contribution in [0.1, 0.15) is 39.2 Å². The van der Waals surface area contributed by atoms with Crippen LogP contribution in [0.3, 0.4) is 0 Å². The second-order valence-electron chi connectivity index (χ2n) is 4.80. The van der Waals surface area contributed by atoms with Crippen LogP contribution in [0.5, 0.6) is 0 Å². The Morgan fingerprint density at radius 2 is 1.53 bits per heavy atom. The summed E-state index contributed by atoms with van der Waals surface area (Å²) in [5.74, 6) is -5.92. The molecule has 0 nitrogen and oxygen atoms in total. The zero-order valence-electron chi connectivity index (χ0n) is 10.2. The summed E-state index contributed by atoms with van der Waals surface area (Å²) < 4.78 is 55.1. The normalized spacial score (nSPS) is 12.9. The predicted molar refractivity (Wildman–Crippen MR) is 58.9 cm³/mol. The molecule has 17 heavy (non-hydrogen) atoms. The average Bonchev–Trinajstić information content (AvgIpc) is 2.16. The summed E-state index contributed by atoms with van der Waals surface area (Å²) in [5, 5.41) is 0. The van der Waals surface area contributed by atoms with Gasteiger partial charge in [0, 0.05) is 5.41 Å². The molecule has 0 atom stereocenters. The molecule has 0 aliphatic rings. The third kappa shape index (κ3) is 2.45. The van der Waals surface area contributed by atoms with E-state index in [0.29, 0.717) is 6.42 Å². The molecule has 1 aromatic carbocycles. The summed E-state index contributed by atoms with van der Waals surface area (Å²) in [7, 11) is 0. The molecule has 1 rings (SSSR count). The van der Waals surface area contributed by atoms with E-state index >= 15 is 0 Å². The van der Waals surface area contributed by atoms with Gasteiger partial charge in [0.2, 0.25) is 0 Å². The highest BCUT2D eigenvalue weighted by Gasteiger charge is 2.50. The van der Waals surface area contributed by atoms with E-state index in [2.05, 4.69) is 0 Å². The maximum Gasteiger partial charge on any atom is 0.283 e. The van der Waals surface area contributed by atoms with Gasteiger partial charge in [-0.15, -0.1) is 0 Å². The first-order valence-electron chi connectivity index (χ1n) is 5.56. The minimum atomic E-state index is -3.53. The lowest BCUT2D eigenvalue weighted by Gasteiger charge is -2.34. The molecule has 0 aliphatic carbocycles. The Kier molecular flexibility index (Phi) is 3.84. The van der Waals surface area contributed by atoms with Gasteiger partial charge in [-0.1, -0.05) is 33.3 Å². The Hall–Kier alpha value is -1.06. The van der Waals surface area contributed by atoms with Gasteiger partial charge in [-0.05, 0) is 18.6 Å². The van der Waals surface area contributed by atoms with Crippen molar-refractivity contribution in [1.82, 2.24) is 0 Å². The zero-order chi connectivity index (χ0) is 13.3. The fourth-order valence-electron chi connectivity index (χ4n) is 1.92. The van der Waals surface area contributed by atoms with Crippen molar-refractivity contribution in [1.29, 1.82) is 0 Å². The number of halogens is 4. The van der Waals surface area contributed by atoms with Gasteiger partial charge in [-0.2, -0.15) is 0 Å². The van der Waals surface area contributed by atoms with Crippen molar-refractivity contribution in [3.8, 4) is 0 Å². The van der Waals surface area contributed by atoms with E-state index in [1.165, 1.54) is 13.8 Å². The van der Waals surface area contributed by atoms with Crippen LogP contribution in [0.4, 0.5) is 17.6 Å². The van der Waals surface area contributed by atoms with E-state index in [1.54, 1.807) is 6.92 Å². The number of hydrogen-bond acceptors (Lipinski definition) is 0. The minimum Gasteiger partial charge on any atom is -0.206 e. The van der Waals surface area contributed by atoms with Crippen molar-refractivity contribution in [3.63, 3.8) is 0 Å². The van der Waals surface area contributed by atoms with E-state index in [1.807, 2.05) is 0 Å². The molecule has 0 N–H and O–H groups in total.